The molecule has 0 fully saturated rings. The number of rotatable bonds is 2. The molecular weight excluding hydrogens is 262 g/mol. The predicted octanol–water partition coefficient (Wildman–Crippen LogP) is 1.38. The zero-order chi connectivity index (χ0) is 7.45. The van der Waals surface area contributed by atoms with Gasteiger partial charge >= 0.3 is 0 Å². The van der Waals surface area contributed by atoms with E-state index in [9.17, 15) is 4.39 Å². The minimum Gasteiger partial charge on any atom is -0.292 e. The van der Waals surface area contributed by atoms with Crippen molar-refractivity contribution in [2.75, 3.05) is 6.54 Å². The van der Waals surface area contributed by atoms with Gasteiger partial charge in [-0.25, -0.2) is 9.38 Å². The topological polar surface area (TPSA) is 24.7 Å². The Balaban J connectivity index is 0.000001000. The number of alkyl halides is 1. The van der Waals surface area contributed by atoms with Crippen molar-refractivity contribution in [2.45, 2.75) is 12.7 Å². The summed E-state index contributed by atoms with van der Waals surface area (Å²) in [5, 5.41) is 0. The van der Waals surface area contributed by atoms with E-state index in [1.54, 1.807) is 6.08 Å². The minimum atomic E-state index is -1.66. The van der Waals surface area contributed by atoms with Crippen LogP contribution in [0.15, 0.2) is 22.1 Å². The molecule has 1 heterocycles. The van der Waals surface area contributed by atoms with E-state index in [-0.39, 0.29) is 48.9 Å². The van der Waals surface area contributed by atoms with Gasteiger partial charge in [0.15, 0.2) is 0 Å². The second-order valence-corrected chi connectivity index (χ2v) is 1.99. The fourth-order valence-corrected chi connectivity index (χ4v) is 0.674. The molecule has 11 heavy (non-hydrogen) atoms. The van der Waals surface area contributed by atoms with E-state index in [1.165, 1.54) is 18.5 Å². The van der Waals surface area contributed by atoms with Crippen molar-refractivity contribution < 1.29 is 53.3 Å². The molecule has 0 radical (unpaired) electrons. The van der Waals surface area contributed by atoms with Crippen molar-refractivity contribution in [2.24, 2.45) is 9.98 Å². The zero-order valence-electron chi connectivity index (χ0n) is 6.14. The van der Waals surface area contributed by atoms with Gasteiger partial charge in [-0.05, 0) is 19.1 Å². The summed E-state index contributed by atoms with van der Waals surface area (Å²) in [6.07, 6.45) is 5.59. The maximum Gasteiger partial charge on any atom is 0.254 e. The average molecular weight is 271 g/mol. The first-order valence-corrected chi connectivity index (χ1v) is 3.20. The summed E-state index contributed by atoms with van der Waals surface area (Å²) in [6, 6.07) is 0. The van der Waals surface area contributed by atoms with Gasteiger partial charge in [0.25, 0.3) is 5.79 Å². The van der Waals surface area contributed by atoms with Gasteiger partial charge in [0.2, 0.25) is 0 Å². The third-order valence-electron chi connectivity index (χ3n) is 1.14. The molecule has 0 amide bonds. The normalized spacial score (nSPS) is 27.8. The number of hydrogen-bond acceptors (Lipinski definition) is 2. The second-order valence-electron chi connectivity index (χ2n) is 1.99. The number of nitrogens with zero attached hydrogens (tertiary/aromatic N) is 2. The fourth-order valence-electron chi connectivity index (χ4n) is 0.674. The zero-order valence-corrected chi connectivity index (χ0v) is 8.16. The summed E-state index contributed by atoms with van der Waals surface area (Å²) in [4.78, 5) is 7.31. The van der Waals surface area contributed by atoms with Gasteiger partial charge in [-0.15, -0.1) is 0 Å². The van der Waals surface area contributed by atoms with Gasteiger partial charge in [0, 0.05) is 61.6 Å². The van der Waals surface area contributed by atoms with Gasteiger partial charge in [0.05, 0.1) is 6.21 Å². The van der Waals surface area contributed by atoms with Crippen LogP contribution in [-0.4, -0.2) is 24.8 Å². The molecule has 62 valence electrons. The Hall–Kier alpha value is 0.581. The molecule has 0 N–H and O–H groups in total. The van der Waals surface area contributed by atoms with Crippen LogP contribution in [0, 0.1) is 48.9 Å². The quantitative estimate of drug-likeness (QED) is 0.535. The van der Waals surface area contributed by atoms with E-state index in [4.69, 9.17) is 0 Å². The SMILES string of the molecule is CCN=CC1(F)C=CC=N1.[Xe]. The van der Waals surface area contributed by atoms with Crippen molar-refractivity contribution in [1.82, 2.24) is 0 Å². The van der Waals surface area contributed by atoms with Gasteiger partial charge in [-0.1, -0.05) is 0 Å². The summed E-state index contributed by atoms with van der Waals surface area (Å²) in [5.41, 5.74) is 0. The molecule has 0 spiro atoms. The van der Waals surface area contributed by atoms with Crippen LogP contribution < -0.4 is 0 Å². The average Bonchev–Trinajstić information content (AvgIpc) is 2.33. The van der Waals surface area contributed by atoms with Crippen LogP contribution >= 0.6 is 0 Å². The number of halogens is 1. The first-order chi connectivity index (χ1) is 4.77. The molecule has 1 unspecified atom stereocenters. The Kier molecular flexibility index (Phi) is 5.54. The molecule has 0 aliphatic carbocycles. The first-order valence-electron chi connectivity index (χ1n) is 3.20. The van der Waals surface area contributed by atoms with E-state index < -0.39 is 5.79 Å². The third-order valence-corrected chi connectivity index (χ3v) is 1.14. The van der Waals surface area contributed by atoms with Crippen molar-refractivity contribution in [1.29, 1.82) is 0 Å². The number of aliphatic imine (C=N–C) groups is 2. The maximum absolute atomic E-state index is 13.1. The van der Waals surface area contributed by atoms with Crippen LogP contribution in [0.4, 0.5) is 4.39 Å². The van der Waals surface area contributed by atoms with Crippen molar-refractivity contribution in [3.8, 4) is 0 Å². The van der Waals surface area contributed by atoms with E-state index in [1.807, 2.05) is 6.92 Å². The Morgan fingerprint density at radius 2 is 2.45 bits per heavy atom. The first kappa shape index (κ1) is 11.6. The summed E-state index contributed by atoms with van der Waals surface area (Å²) >= 11 is 0. The molecule has 0 aromatic heterocycles. The standard InChI is InChI=1S/C7H9FN2.Xe/c1-2-9-6-7(8)4-3-5-10-7;/h3-6H,2H2,1H3;. The second kappa shape index (κ2) is 5.27. The Morgan fingerprint density at radius 3 is 2.91 bits per heavy atom. The maximum atomic E-state index is 13.1. The van der Waals surface area contributed by atoms with Crippen molar-refractivity contribution in [3.63, 3.8) is 0 Å². The van der Waals surface area contributed by atoms with Crippen LogP contribution in [0.2, 0.25) is 0 Å². The molecule has 0 aromatic carbocycles. The van der Waals surface area contributed by atoms with Crippen LogP contribution in [0.3, 0.4) is 0 Å². The van der Waals surface area contributed by atoms with Crippen LogP contribution in [0.25, 0.3) is 0 Å². The summed E-state index contributed by atoms with van der Waals surface area (Å²) < 4.78 is 13.1. The molecule has 4 heteroatoms. The van der Waals surface area contributed by atoms with Crippen molar-refractivity contribution in [3.05, 3.63) is 12.2 Å². The Bertz CT molecular complexity index is 187. The van der Waals surface area contributed by atoms with E-state index in [0.29, 0.717) is 6.54 Å². The van der Waals surface area contributed by atoms with Gasteiger partial charge in [-0.2, -0.15) is 0 Å². The molecule has 1 aliphatic rings. The monoisotopic (exact) mass is 272 g/mol. The Labute approximate surface area is 106 Å². The van der Waals surface area contributed by atoms with E-state index in [2.05, 4.69) is 9.98 Å². The molecule has 0 aromatic rings. The molecule has 1 aliphatic heterocycles. The van der Waals surface area contributed by atoms with Crippen LogP contribution in [0.5, 0.6) is 0 Å². The molecule has 1 rings (SSSR count). The Morgan fingerprint density at radius 1 is 1.73 bits per heavy atom. The largest absolute Gasteiger partial charge is 0.292 e. The number of allylic oxidation sites excluding steroid dienone is 1. The molecule has 0 bridgehead atoms. The molecule has 0 saturated heterocycles. The predicted molar refractivity (Wildman–Crippen MR) is 40.5 cm³/mol. The number of hydrogen-bond donors (Lipinski definition) is 0. The molecule has 0 saturated carbocycles. The molecular formula is C7H9FN2Xe. The van der Waals surface area contributed by atoms with E-state index in [0.717, 1.165) is 0 Å². The van der Waals surface area contributed by atoms with Crippen LogP contribution in [0.1, 0.15) is 6.92 Å². The van der Waals surface area contributed by atoms with Gasteiger partial charge in [0.1, 0.15) is 0 Å². The fraction of sp³-hybridized carbons (Fsp3) is 0.429. The van der Waals surface area contributed by atoms with Crippen LogP contribution in [-0.2, 0) is 0 Å². The summed E-state index contributed by atoms with van der Waals surface area (Å²) in [7, 11) is 0. The molecule has 2 nitrogen and oxygen atoms in total. The summed E-state index contributed by atoms with van der Waals surface area (Å²) in [5.74, 6) is -1.66. The smallest absolute Gasteiger partial charge is 0.254 e. The van der Waals surface area contributed by atoms with Gasteiger partial charge < -0.3 is 0 Å². The summed E-state index contributed by atoms with van der Waals surface area (Å²) in [6.45, 7) is 2.44. The van der Waals surface area contributed by atoms with Gasteiger partial charge in [-0.3, -0.25) is 4.99 Å². The molecule has 1 atom stereocenters. The minimum absolute atomic E-state index is 0. The third kappa shape index (κ3) is 3.66. The van der Waals surface area contributed by atoms with Crippen molar-refractivity contribution >= 4 is 12.4 Å². The van der Waals surface area contributed by atoms with E-state index >= 15 is 0 Å².